The van der Waals surface area contributed by atoms with Crippen molar-refractivity contribution in [3.05, 3.63) is 23.2 Å². The number of methoxy groups -OCH3 is 1. The maximum atomic E-state index is 11.1. The molecule has 0 saturated heterocycles. The molecule has 0 spiro atoms. The third kappa shape index (κ3) is 3.40. The van der Waals surface area contributed by atoms with Gasteiger partial charge in [0.05, 0.1) is 22.0 Å². The van der Waals surface area contributed by atoms with Crippen molar-refractivity contribution in [3.8, 4) is 5.75 Å². The molecular formula is C13H14Br2ClNO3. The van der Waals surface area contributed by atoms with Gasteiger partial charge < -0.3 is 9.47 Å². The van der Waals surface area contributed by atoms with Gasteiger partial charge in [0, 0.05) is 11.1 Å². The number of carbonyl (C=O) groups excluding carboxylic acids is 1. The summed E-state index contributed by atoms with van der Waals surface area (Å²) in [5, 5.41) is 2.98. The molecule has 1 aliphatic rings. The summed E-state index contributed by atoms with van der Waals surface area (Å²) >= 11 is 13.3. The number of rotatable bonds is 4. The maximum absolute atomic E-state index is 11.1. The van der Waals surface area contributed by atoms with E-state index in [9.17, 15) is 4.79 Å². The molecule has 0 heterocycles. The molecule has 1 saturated carbocycles. The Kier molecular flexibility index (Phi) is 4.56. The van der Waals surface area contributed by atoms with Gasteiger partial charge in [0.15, 0.2) is 0 Å². The SMILES string of the molecule is COC(=O)Nc1ccc(OCC2(C)CC2(Br)Br)c(Cl)c1. The lowest BCUT2D eigenvalue weighted by Crippen LogP contribution is -2.15. The molecule has 1 aliphatic carbocycles. The maximum Gasteiger partial charge on any atom is 0.411 e. The second-order valence-corrected chi connectivity index (χ2v) is 9.17. The Morgan fingerprint density at radius 3 is 2.65 bits per heavy atom. The number of benzene rings is 1. The molecule has 0 bridgehead atoms. The molecule has 7 heteroatoms. The number of alkyl halides is 2. The Hall–Kier alpha value is -0.460. The van der Waals surface area contributed by atoms with E-state index >= 15 is 0 Å². The molecule has 20 heavy (non-hydrogen) atoms. The zero-order chi connectivity index (χ0) is 15.0. The predicted molar refractivity (Wildman–Crippen MR) is 86.3 cm³/mol. The zero-order valence-electron chi connectivity index (χ0n) is 11.0. The number of anilines is 1. The minimum Gasteiger partial charge on any atom is -0.491 e. The second kappa shape index (κ2) is 5.73. The molecule has 1 N–H and O–H groups in total. The van der Waals surface area contributed by atoms with Crippen molar-refractivity contribution in [2.24, 2.45) is 5.41 Å². The van der Waals surface area contributed by atoms with Gasteiger partial charge in [-0.3, -0.25) is 5.32 Å². The van der Waals surface area contributed by atoms with Crippen LogP contribution in [-0.4, -0.2) is 23.0 Å². The molecule has 0 aliphatic heterocycles. The lowest BCUT2D eigenvalue weighted by Gasteiger charge is -2.15. The molecule has 1 aromatic rings. The van der Waals surface area contributed by atoms with Crippen LogP contribution in [0.15, 0.2) is 18.2 Å². The van der Waals surface area contributed by atoms with Crippen LogP contribution in [-0.2, 0) is 4.74 Å². The van der Waals surface area contributed by atoms with Crippen LogP contribution < -0.4 is 10.1 Å². The zero-order valence-corrected chi connectivity index (χ0v) is 14.9. The van der Waals surface area contributed by atoms with Crippen LogP contribution in [0.25, 0.3) is 0 Å². The van der Waals surface area contributed by atoms with E-state index in [0.717, 1.165) is 6.42 Å². The van der Waals surface area contributed by atoms with Crippen LogP contribution in [0.4, 0.5) is 10.5 Å². The van der Waals surface area contributed by atoms with Crippen molar-refractivity contribution < 1.29 is 14.3 Å². The highest BCUT2D eigenvalue weighted by molar-refractivity contribution is 9.25. The van der Waals surface area contributed by atoms with Gasteiger partial charge in [-0.1, -0.05) is 50.4 Å². The first-order valence-corrected chi connectivity index (χ1v) is 7.89. The van der Waals surface area contributed by atoms with E-state index in [4.69, 9.17) is 16.3 Å². The second-order valence-electron chi connectivity index (χ2n) is 4.99. The number of halogens is 3. The first-order valence-electron chi connectivity index (χ1n) is 5.92. The third-order valence-electron chi connectivity index (χ3n) is 3.28. The highest BCUT2D eigenvalue weighted by Crippen LogP contribution is 2.66. The highest BCUT2D eigenvalue weighted by Gasteiger charge is 2.62. The van der Waals surface area contributed by atoms with Crippen LogP contribution in [0.1, 0.15) is 13.3 Å². The predicted octanol–water partition coefficient (Wildman–Crippen LogP) is 4.79. The van der Waals surface area contributed by atoms with Crippen LogP contribution >= 0.6 is 43.5 Å². The summed E-state index contributed by atoms with van der Waals surface area (Å²) in [6.45, 7) is 2.67. The molecule has 1 amide bonds. The first kappa shape index (κ1) is 15.9. The Bertz CT molecular complexity index is 538. The Morgan fingerprint density at radius 2 is 2.15 bits per heavy atom. The van der Waals surface area contributed by atoms with Gasteiger partial charge in [-0.15, -0.1) is 0 Å². The van der Waals surface area contributed by atoms with Gasteiger partial charge in [0.2, 0.25) is 0 Å². The van der Waals surface area contributed by atoms with Crippen LogP contribution in [0.2, 0.25) is 5.02 Å². The molecule has 0 radical (unpaired) electrons. The monoisotopic (exact) mass is 425 g/mol. The van der Waals surface area contributed by atoms with Crippen molar-refractivity contribution in [2.45, 2.75) is 16.6 Å². The summed E-state index contributed by atoms with van der Waals surface area (Å²) in [4.78, 5) is 11.1. The molecule has 1 fully saturated rings. The lowest BCUT2D eigenvalue weighted by atomic mass is 10.2. The van der Waals surface area contributed by atoms with Gasteiger partial charge in [0.25, 0.3) is 0 Å². The first-order chi connectivity index (χ1) is 9.27. The van der Waals surface area contributed by atoms with Gasteiger partial charge in [-0.2, -0.15) is 0 Å². The quantitative estimate of drug-likeness (QED) is 0.703. The summed E-state index contributed by atoms with van der Waals surface area (Å²) < 4.78 is 10.2. The molecule has 1 unspecified atom stereocenters. The molecule has 1 aromatic carbocycles. The van der Waals surface area contributed by atoms with E-state index in [1.165, 1.54) is 7.11 Å². The van der Waals surface area contributed by atoms with E-state index in [2.05, 4.69) is 48.8 Å². The summed E-state index contributed by atoms with van der Waals surface area (Å²) in [5.74, 6) is 0.589. The molecule has 0 aromatic heterocycles. The number of ether oxygens (including phenoxy) is 2. The number of amides is 1. The molecule has 2 rings (SSSR count). The van der Waals surface area contributed by atoms with Gasteiger partial charge in [-0.05, 0) is 24.6 Å². The van der Waals surface area contributed by atoms with Crippen LogP contribution in [0.3, 0.4) is 0 Å². The van der Waals surface area contributed by atoms with Gasteiger partial charge in [-0.25, -0.2) is 4.79 Å². The summed E-state index contributed by atoms with van der Waals surface area (Å²) in [7, 11) is 1.30. The van der Waals surface area contributed by atoms with E-state index in [-0.39, 0.29) is 8.65 Å². The topological polar surface area (TPSA) is 47.6 Å². The fraction of sp³-hybridized carbons (Fsp3) is 0.462. The average Bonchev–Trinajstić information content (AvgIpc) is 2.87. The average molecular weight is 428 g/mol. The minimum absolute atomic E-state index is 0.0409. The summed E-state index contributed by atoms with van der Waals surface area (Å²) in [5.41, 5.74) is 0.598. The standard InChI is InChI=1S/C13H14Br2ClNO3/c1-12(6-13(12,14)15)7-20-10-4-3-8(5-9(10)16)17-11(18)19-2/h3-5H,6-7H2,1-2H3,(H,17,18). The molecule has 110 valence electrons. The van der Waals surface area contributed by atoms with Gasteiger partial charge in [0.1, 0.15) is 5.75 Å². The number of hydrogen-bond donors (Lipinski definition) is 1. The Balaban J connectivity index is 1.98. The van der Waals surface area contributed by atoms with E-state index < -0.39 is 6.09 Å². The normalized spacial score (nSPS) is 23.1. The fourth-order valence-electron chi connectivity index (χ4n) is 1.70. The minimum atomic E-state index is -0.538. The molecule has 1 atom stereocenters. The number of hydrogen-bond acceptors (Lipinski definition) is 3. The smallest absolute Gasteiger partial charge is 0.411 e. The lowest BCUT2D eigenvalue weighted by molar-refractivity contribution is 0.187. The Labute approximate surface area is 139 Å². The Morgan fingerprint density at radius 1 is 1.50 bits per heavy atom. The molecule has 4 nitrogen and oxygen atoms in total. The summed E-state index contributed by atoms with van der Waals surface area (Å²) in [6, 6.07) is 5.06. The van der Waals surface area contributed by atoms with Crippen molar-refractivity contribution in [2.75, 3.05) is 19.0 Å². The van der Waals surface area contributed by atoms with Crippen molar-refractivity contribution in [3.63, 3.8) is 0 Å². The fourth-order valence-corrected chi connectivity index (χ4v) is 3.41. The number of carbonyl (C=O) groups is 1. The van der Waals surface area contributed by atoms with Crippen LogP contribution in [0, 0.1) is 5.41 Å². The van der Waals surface area contributed by atoms with Gasteiger partial charge >= 0.3 is 6.09 Å². The van der Waals surface area contributed by atoms with Crippen LogP contribution in [0.5, 0.6) is 5.75 Å². The third-order valence-corrected chi connectivity index (χ3v) is 6.05. The summed E-state index contributed by atoms with van der Waals surface area (Å²) in [6.07, 6.45) is 0.447. The van der Waals surface area contributed by atoms with E-state index in [0.29, 0.717) is 23.1 Å². The van der Waals surface area contributed by atoms with Crippen molar-refractivity contribution >= 4 is 55.2 Å². The van der Waals surface area contributed by atoms with E-state index in [1.54, 1.807) is 18.2 Å². The van der Waals surface area contributed by atoms with Crippen molar-refractivity contribution in [1.82, 2.24) is 0 Å². The number of nitrogens with one attached hydrogen (secondary N) is 1. The largest absolute Gasteiger partial charge is 0.491 e. The molecular weight excluding hydrogens is 413 g/mol. The van der Waals surface area contributed by atoms with Crippen molar-refractivity contribution in [1.29, 1.82) is 0 Å². The highest BCUT2D eigenvalue weighted by atomic mass is 79.9. The van der Waals surface area contributed by atoms with E-state index in [1.807, 2.05) is 0 Å².